The van der Waals surface area contributed by atoms with E-state index in [1.165, 1.54) is 24.3 Å². The summed E-state index contributed by atoms with van der Waals surface area (Å²) in [4.78, 5) is 4.28. The van der Waals surface area contributed by atoms with Crippen molar-refractivity contribution in [1.82, 2.24) is 10.0 Å². The normalized spacial score (nSPS) is 12.6. The third-order valence-electron chi connectivity index (χ3n) is 3.95. The molecule has 2 aromatic carbocycles. The number of benzene rings is 2. The molecule has 0 aliphatic rings. The highest BCUT2D eigenvalue weighted by molar-refractivity contribution is 7.89. The van der Waals surface area contributed by atoms with Crippen molar-refractivity contribution in [3.63, 3.8) is 0 Å². The summed E-state index contributed by atoms with van der Waals surface area (Å²) in [5.41, 5.74) is 7.85. The summed E-state index contributed by atoms with van der Waals surface area (Å²) >= 11 is 0. The highest BCUT2D eigenvalue weighted by atomic mass is 32.2. The predicted molar refractivity (Wildman–Crippen MR) is 108 cm³/mol. The fourth-order valence-electron chi connectivity index (χ4n) is 2.48. The van der Waals surface area contributed by atoms with E-state index in [4.69, 9.17) is 5.73 Å². The lowest BCUT2D eigenvalue weighted by atomic mass is 10.2. The molecule has 2 rings (SSSR count). The van der Waals surface area contributed by atoms with Gasteiger partial charge in [-0.15, -0.1) is 13.2 Å². The van der Waals surface area contributed by atoms with Crippen LogP contribution in [-0.2, 0) is 16.6 Å². The topological polar surface area (TPSA) is 106 Å². The molecule has 0 bridgehead atoms. The monoisotopic (exact) mass is 444 g/mol. The summed E-state index contributed by atoms with van der Waals surface area (Å²) in [6.07, 6.45) is -4.74. The molecular weight excluding hydrogens is 421 g/mol. The standard InChI is InChI=1S/C19H23F3N4O3S/c1-13-3-4-14(2)17(11-13)30(27,28)26-10-9-24-18(23)25-12-15-5-7-16(8-6-15)29-19(20,21)22/h3-8,11,26H,9-10,12H2,1-2H3,(H3,23,24,25). The minimum atomic E-state index is -4.74. The molecule has 0 fully saturated rings. The molecule has 0 saturated carbocycles. The molecule has 2 aromatic rings. The lowest BCUT2D eigenvalue weighted by Gasteiger charge is -2.11. The highest BCUT2D eigenvalue weighted by Gasteiger charge is 2.30. The van der Waals surface area contributed by atoms with Crippen LogP contribution in [0.2, 0.25) is 0 Å². The highest BCUT2D eigenvalue weighted by Crippen LogP contribution is 2.22. The molecule has 0 unspecified atom stereocenters. The van der Waals surface area contributed by atoms with E-state index in [-0.39, 0.29) is 36.2 Å². The lowest BCUT2D eigenvalue weighted by Crippen LogP contribution is -2.38. The quantitative estimate of drug-likeness (QED) is 0.330. The fourth-order valence-corrected chi connectivity index (χ4v) is 3.84. The van der Waals surface area contributed by atoms with E-state index >= 15 is 0 Å². The minimum Gasteiger partial charge on any atom is -0.406 e. The van der Waals surface area contributed by atoms with Crippen LogP contribution in [-0.4, -0.2) is 33.8 Å². The molecule has 164 valence electrons. The number of nitrogens with two attached hydrogens (primary N) is 1. The van der Waals surface area contributed by atoms with Crippen molar-refractivity contribution >= 4 is 16.0 Å². The smallest absolute Gasteiger partial charge is 0.406 e. The predicted octanol–water partition coefficient (Wildman–Crippen LogP) is 2.58. The number of rotatable bonds is 8. The maximum absolute atomic E-state index is 12.4. The van der Waals surface area contributed by atoms with Crippen LogP contribution < -0.4 is 20.5 Å². The number of aryl methyl sites for hydroxylation is 2. The van der Waals surface area contributed by atoms with Gasteiger partial charge in [0.15, 0.2) is 5.96 Å². The Hall–Kier alpha value is -2.79. The van der Waals surface area contributed by atoms with E-state index in [1.807, 2.05) is 13.0 Å². The maximum atomic E-state index is 12.4. The Kier molecular flexibility index (Phi) is 7.68. The second-order valence-corrected chi connectivity index (χ2v) is 8.22. The molecule has 0 atom stereocenters. The summed E-state index contributed by atoms with van der Waals surface area (Å²) in [5, 5.41) is 2.77. The summed E-state index contributed by atoms with van der Waals surface area (Å²) < 4.78 is 67.5. The molecule has 0 aliphatic carbocycles. The van der Waals surface area contributed by atoms with Crippen molar-refractivity contribution in [3.05, 3.63) is 59.2 Å². The number of guanidine groups is 1. The van der Waals surface area contributed by atoms with E-state index in [2.05, 4.69) is 19.8 Å². The van der Waals surface area contributed by atoms with Gasteiger partial charge in [0.25, 0.3) is 0 Å². The zero-order valence-corrected chi connectivity index (χ0v) is 17.3. The van der Waals surface area contributed by atoms with Gasteiger partial charge in [0.1, 0.15) is 5.75 Å². The van der Waals surface area contributed by atoms with Crippen molar-refractivity contribution in [2.24, 2.45) is 10.7 Å². The second kappa shape index (κ2) is 9.81. The molecule has 30 heavy (non-hydrogen) atoms. The molecule has 4 N–H and O–H groups in total. The van der Waals surface area contributed by atoms with Gasteiger partial charge < -0.3 is 15.8 Å². The number of nitrogens with one attached hydrogen (secondary N) is 2. The number of alkyl halides is 3. The molecule has 11 heteroatoms. The van der Waals surface area contributed by atoms with Gasteiger partial charge in [-0.2, -0.15) is 0 Å². The van der Waals surface area contributed by atoms with Gasteiger partial charge in [-0.05, 0) is 48.7 Å². The van der Waals surface area contributed by atoms with Crippen LogP contribution in [0.15, 0.2) is 52.4 Å². The summed E-state index contributed by atoms with van der Waals surface area (Å²) in [6.45, 7) is 3.97. The van der Waals surface area contributed by atoms with E-state index in [1.54, 1.807) is 19.1 Å². The molecule has 0 aliphatic heterocycles. The molecule has 0 amide bonds. The second-order valence-electron chi connectivity index (χ2n) is 6.49. The molecule has 0 saturated heterocycles. The minimum absolute atomic E-state index is 0.0801. The molecule has 0 radical (unpaired) electrons. The van der Waals surface area contributed by atoms with Crippen LogP contribution in [0, 0.1) is 13.8 Å². The van der Waals surface area contributed by atoms with Gasteiger partial charge in [0.05, 0.1) is 11.4 Å². The largest absolute Gasteiger partial charge is 0.573 e. The Bertz CT molecular complexity index is 991. The third-order valence-corrected chi connectivity index (χ3v) is 5.55. The van der Waals surface area contributed by atoms with Gasteiger partial charge in [-0.25, -0.2) is 18.1 Å². The van der Waals surface area contributed by atoms with Crippen LogP contribution in [0.3, 0.4) is 0 Å². The number of hydrogen-bond acceptors (Lipinski definition) is 4. The van der Waals surface area contributed by atoms with Gasteiger partial charge in [0, 0.05) is 13.1 Å². The van der Waals surface area contributed by atoms with Crippen molar-refractivity contribution < 1.29 is 26.3 Å². The number of sulfonamides is 1. The molecule has 0 heterocycles. The maximum Gasteiger partial charge on any atom is 0.573 e. The first-order valence-electron chi connectivity index (χ1n) is 8.92. The Morgan fingerprint density at radius 1 is 1.10 bits per heavy atom. The van der Waals surface area contributed by atoms with E-state index in [0.717, 1.165) is 5.56 Å². The first kappa shape index (κ1) is 23.5. The number of halogens is 3. The van der Waals surface area contributed by atoms with Crippen molar-refractivity contribution in [2.75, 3.05) is 13.1 Å². The SMILES string of the molecule is Cc1ccc(C)c(S(=O)(=O)NCCNC(N)=NCc2ccc(OC(F)(F)F)cc2)c1. The Morgan fingerprint density at radius 3 is 2.40 bits per heavy atom. The van der Waals surface area contributed by atoms with Gasteiger partial charge in [0.2, 0.25) is 10.0 Å². The van der Waals surface area contributed by atoms with E-state index in [0.29, 0.717) is 11.1 Å². The Labute approximate surface area is 173 Å². The molecule has 0 spiro atoms. The lowest BCUT2D eigenvalue weighted by molar-refractivity contribution is -0.274. The van der Waals surface area contributed by atoms with E-state index in [9.17, 15) is 21.6 Å². The van der Waals surface area contributed by atoms with Crippen LogP contribution in [0.25, 0.3) is 0 Å². The average Bonchev–Trinajstić information content (AvgIpc) is 2.65. The molecule has 7 nitrogen and oxygen atoms in total. The van der Waals surface area contributed by atoms with Crippen LogP contribution in [0.5, 0.6) is 5.75 Å². The Balaban J connectivity index is 1.81. The zero-order valence-electron chi connectivity index (χ0n) is 16.5. The molecular formula is C19H23F3N4O3S. The van der Waals surface area contributed by atoms with Crippen molar-refractivity contribution in [3.8, 4) is 5.75 Å². The third kappa shape index (κ3) is 7.56. The number of aliphatic imine (C=N–C) groups is 1. The molecule has 0 aromatic heterocycles. The first-order valence-corrected chi connectivity index (χ1v) is 10.4. The number of hydrogen-bond donors (Lipinski definition) is 3. The number of nitrogens with zero attached hydrogens (tertiary/aromatic N) is 1. The van der Waals surface area contributed by atoms with Crippen LogP contribution >= 0.6 is 0 Å². The summed E-state index contributed by atoms with van der Waals surface area (Å²) in [5.74, 6) is -0.242. The number of ether oxygens (including phenoxy) is 1. The van der Waals surface area contributed by atoms with Gasteiger partial charge >= 0.3 is 6.36 Å². The fraction of sp³-hybridized carbons (Fsp3) is 0.316. The van der Waals surface area contributed by atoms with Gasteiger partial charge in [-0.1, -0.05) is 24.3 Å². The van der Waals surface area contributed by atoms with Crippen molar-refractivity contribution in [2.45, 2.75) is 31.7 Å². The van der Waals surface area contributed by atoms with Crippen LogP contribution in [0.1, 0.15) is 16.7 Å². The zero-order chi connectivity index (χ0) is 22.4. The average molecular weight is 444 g/mol. The van der Waals surface area contributed by atoms with E-state index < -0.39 is 16.4 Å². The first-order chi connectivity index (χ1) is 14.0. The van der Waals surface area contributed by atoms with Crippen LogP contribution in [0.4, 0.5) is 13.2 Å². The Morgan fingerprint density at radius 2 is 1.77 bits per heavy atom. The summed E-state index contributed by atoms with van der Waals surface area (Å²) in [7, 11) is -3.65. The summed E-state index contributed by atoms with van der Waals surface area (Å²) in [6, 6.07) is 10.4. The van der Waals surface area contributed by atoms with Crippen molar-refractivity contribution in [1.29, 1.82) is 0 Å². The van der Waals surface area contributed by atoms with Gasteiger partial charge in [-0.3, -0.25) is 0 Å².